The molecule has 0 saturated heterocycles. The maximum atomic E-state index is 5.81. The molecule has 0 heterocycles. The van der Waals surface area contributed by atoms with Crippen molar-refractivity contribution in [3.05, 3.63) is 0 Å². The van der Waals surface area contributed by atoms with Crippen LogP contribution in [0.4, 0.5) is 0 Å². The van der Waals surface area contributed by atoms with Crippen molar-refractivity contribution in [3.8, 4) is 0 Å². The third kappa shape index (κ3) is 1.26. The van der Waals surface area contributed by atoms with Gasteiger partial charge in [-0.1, -0.05) is 13.8 Å². The summed E-state index contributed by atoms with van der Waals surface area (Å²) < 4.78 is 0. The minimum atomic E-state index is 0.352. The van der Waals surface area contributed by atoms with Gasteiger partial charge in [-0.3, -0.25) is 0 Å². The van der Waals surface area contributed by atoms with Crippen molar-refractivity contribution in [2.45, 2.75) is 39.7 Å². The normalized spacial score (nSPS) is 24.0. The van der Waals surface area contributed by atoms with Crippen LogP contribution in [-0.4, -0.2) is 6.04 Å². The molecule has 1 aliphatic carbocycles. The fourth-order valence-electron chi connectivity index (χ4n) is 1.20. The summed E-state index contributed by atoms with van der Waals surface area (Å²) in [5.74, 6) is 0.914. The van der Waals surface area contributed by atoms with Crippen LogP contribution < -0.4 is 5.73 Å². The van der Waals surface area contributed by atoms with Crippen molar-refractivity contribution in [1.82, 2.24) is 0 Å². The Morgan fingerprint density at radius 3 is 2.00 bits per heavy atom. The van der Waals surface area contributed by atoms with Crippen LogP contribution in [0.25, 0.3) is 0 Å². The molecule has 0 aromatic heterocycles. The van der Waals surface area contributed by atoms with Crippen LogP contribution in [0.5, 0.6) is 0 Å². The molecule has 0 bridgehead atoms. The van der Waals surface area contributed by atoms with E-state index in [4.69, 9.17) is 5.73 Å². The zero-order chi connectivity index (χ0) is 7.07. The summed E-state index contributed by atoms with van der Waals surface area (Å²) in [6.07, 6.45) is 2.79. The average Bonchev–Trinajstić information content (AvgIpc) is 2.42. The Bertz CT molecular complexity index is 97.1. The molecule has 0 amide bonds. The van der Waals surface area contributed by atoms with Gasteiger partial charge in [-0.2, -0.15) is 0 Å². The van der Waals surface area contributed by atoms with Crippen LogP contribution in [0.1, 0.15) is 33.6 Å². The van der Waals surface area contributed by atoms with Crippen molar-refractivity contribution in [2.24, 2.45) is 17.1 Å². The van der Waals surface area contributed by atoms with Crippen molar-refractivity contribution < 1.29 is 0 Å². The highest BCUT2D eigenvalue weighted by molar-refractivity contribution is 4.92. The van der Waals surface area contributed by atoms with Crippen LogP contribution in [0.2, 0.25) is 0 Å². The van der Waals surface area contributed by atoms with Gasteiger partial charge in [-0.15, -0.1) is 0 Å². The van der Waals surface area contributed by atoms with E-state index in [9.17, 15) is 0 Å². The van der Waals surface area contributed by atoms with E-state index >= 15 is 0 Å². The monoisotopic (exact) mass is 127 g/mol. The molecule has 54 valence electrons. The smallest absolute Gasteiger partial charge is 0.00643 e. The molecule has 0 spiro atoms. The van der Waals surface area contributed by atoms with Gasteiger partial charge in [0.25, 0.3) is 0 Å². The lowest BCUT2D eigenvalue weighted by Gasteiger charge is -2.28. The average molecular weight is 127 g/mol. The molecule has 1 saturated carbocycles. The molecule has 1 aliphatic rings. The molecule has 1 unspecified atom stereocenters. The van der Waals surface area contributed by atoms with E-state index in [1.54, 1.807) is 0 Å². The van der Waals surface area contributed by atoms with E-state index in [-0.39, 0.29) is 0 Å². The highest BCUT2D eigenvalue weighted by atomic mass is 14.7. The lowest BCUT2D eigenvalue weighted by Crippen LogP contribution is -2.36. The predicted octanol–water partition coefficient (Wildman–Crippen LogP) is 1.77. The molecule has 0 radical (unpaired) electrons. The molecule has 1 nitrogen and oxygen atoms in total. The first-order valence-electron chi connectivity index (χ1n) is 3.80. The maximum absolute atomic E-state index is 5.81. The van der Waals surface area contributed by atoms with Crippen LogP contribution in [0, 0.1) is 11.3 Å². The lowest BCUT2D eigenvalue weighted by atomic mass is 9.81. The second-order valence-electron chi connectivity index (χ2n) is 3.88. The van der Waals surface area contributed by atoms with Crippen molar-refractivity contribution in [1.29, 1.82) is 0 Å². The third-order valence-corrected chi connectivity index (χ3v) is 2.80. The summed E-state index contributed by atoms with van der Waals surface area (Å²) in [6.45, 7) is 6.66. The SMILES string of the molecule is CC(N)C(C)(C)C1CC1. The first kappa shape index (κ1) is 7.07. The summed E-state index contributed by atoms with van der Waals surface area (Å²) in [6, 6.07) is 0.352. The zero-order valence-electron chi connectivity index (χ0n) is 6.65. The van der Waals surface area contributed by atoms with Crippen molar-refractivity contribution >= 4 is 0 Å². The molecule has 1 fully saturated rings. The van der Waals surface area contributed by atoms with Gasteiger partial charge in [0.05, 0.1) is 0 Å². The van der Waals surface area contributed by atoms with E-state index in [0.717, 1.165) is 5.92 Å². The Morgan fingerprint density at radius 2 is 1.89 bits per heavy atom. The summed E-state index contributed by atoms with van der Waals surface area (Å²) >= 11 is 0. The fourth-order valence-corrected chi connectivity index (χ4v) is 1.20. The zero-order valence-corrected chi connectivity index (χ0v) is 6.65. The molecule has 0 aromatic rings. The first-order chi connectivity index (χ1) is 4.05. The van der Waals surface area contributed by atoms with E-state index in [2.05, 4.69) is 20.8 Å². The van der Waals surface area contributed by atoms with Crippen LogP contribution >= 0.6 is 0 Å². The molecule has 0 aliphatic heterocycles. The van der Waals surface area contributed by atoms with E-state index in [0.29, 0.717) is 11.5 Å². The number of hydrogen-bond donors (Lipinski definition) is 1. The van der Waals surface area contributed by atoms with Gasteiger partial charge in [-0.25, -0.2) is 0 Å². The highest BCUT2D eigenvalue weighted by Gasteiger charge is 2.39. The van der Waals surface area contributed by atoms with Gasteiger partial charge < -0.3 is 5.73 Å². The second-order valence-corrected chi connectivity index (χ2v) is 3.88. The fraction of sp³-hybridized carbons (Fsp3) is 1.00. The molecule has 1 heteroatoms. The number of rotatable bonds is 2. The molecule has 0 aromatic carbocycles. The number of nitrogens with two attached hydrogens (primary N) is 1. The largest absolute Gasteiger partial charge is 0.327 e. The van der Waals surface area contributed by atoms with Gasteiger partial charge in [0, 0.05) is 6.04 Å². The molecule has 1 atom stereocenters. The van der Waals surface area contributed by atoms with E-state index in [1.807, 2.05) is 0 Å². The van der Waals surface area contributed by atoms with Crippen molar-refractivity contribution in [2.75, 3.05) is 0 Å². The molecular formula is C8H17N. The third-order valence-electron chi connectivity index (χ3n) is 2.80. The van der Waals surface area contributed by atoms with Crippen LogP contribution in [-0.2, 0) is 0 Å². The van der Waals surface area contributed by atoms with E-state index in [1.165, 1.54) is 12.8 Å². The van der Waals surface area contributed by atoms with Gasteiger partial charge in [0.2, 0.25) is 0 Å². The predicted molar refractivity (Wildman–Crippen MR) is 40.2 cm³/mol. The maximum Gasteiger partial charge on any atom is 0.00643 e. The summed E-state index contributed by atoms with van der Waals surface area (Å²) in [4.78, 5) is 0. The van der Waals surface area contributed by atoms with Gasteiger partial charge in [0.15, 0.2) is 0 Å². The van der Waals surface area contributed by atoms with Gasteiger partial charge in [-0.05, 0) is 31.1 Å². The number of hydrogen-bond acceptors (Lipinski definition) is 1. The van der Waals surface area contributed by atoms with Crippen LogP contribution in [0.3, 0.4) is 0 Å². The summed E-state index contributed by atoms with van der Waals surface area (Å²) in [5.41, 5.74) is 6.20. The van der Waals surface area contributed by atoms with Gasteiger partial charge in [0.1, 0.15) is 0 Å². The lowest BCUT2D eigenvalue weighted by molar-refractivity contribution is 0.255. The Labute approximate surface area is 57.6 Å². The minimum absolute atomic E-state index is 0.352. The summed E-state index contributed by atoms with van der Waals surface area (Å²) in [5, 5.41) is 0. The Balaban J connectivity index is 2.48. The summed E-state index contributed by atoms with van der Waals surface area (Å²) in [7, 11) is 0. The minimum Gasteiger partial charge on any atom is -0.327 e. The molecule has 2 N–H and O–H groups in total. The Kier molecular flexibility index (Phi) is 1.55. The van der Waals surface area contributed by atoms with Crippen molar-refractivity contribution in [3.63, 3.8) is 0 Å². The molecule has 1 rings (SSSR count). The topological polar surface area (TPSA) is 26.0 Å². The second kappa shape index (κ2) is 1.98. The van der Waals surface area contributed by atoms with Crippen LogP contribution in [0.15, 0.2) is 0 Å². The van der Waals surface area contributed by atoms with E-state index < -0.39 is 0 Å². The van der Waals surface area contributed by atoms with Gasteiger partial charge >= 0.3 is 0 Å². The first-order valence-corrected chi connectivity index (χ1v) is 3.80. The standard InChI is InChI=1S/C8H17N/c1-6(9)8(2,3)7-4-5-7/h6-7H,4-5,9H2,1-3H3. The molecule has 9 heavy (non-hydrogen) atoms. The highest BCUT2D eigenvalue weighted by Crippen LogP contribution is 2.46. The quantitative estimate of drug-likeness (QED) is 0.601. The Morgan fingerprint density at radius 1 is 1.44 bits per heavy atom. The molecular weight excluding hydrogens is 110 g/mol. The Hall–Kier alpha value is -0.0400.